The van der Waals surface area contributed by atoms with Gasteiger partial charge in [0.15, 0.2) is 0 Å². The van der Waals surface area contributed by atoms with Crippen LogP contribution in [0.4, 0.5) is 17.1 Å². The zero-order valence-electron chi connectivity index (χ0n) is 19.2. The second-order valence-corrected chi connectivity index (χ2v) is 9.54. The summed E-state index contributed by atoms with van der Waals surface area (Å²) in [6.07, 6.45) is 2.86. The van der Waals surface area contributed by atoms with Crippen molar-refractivity contribution in [1.82, 2.24) is 0 Å². The van der Waals surface area contributed by atoms with Gasteiger partial charge in [0, 0.05) is 46.5 Å². The van der Waals surface area contributed by atoms with E-state index < -0.39 is 5.79 Å². The van der Waals surface area contributed by atoms with Crippen molar-refractivity contribution < 1.29 is 4.79 Å². The topological polar surface area (TPSA) is 91.5 Å². The number of nitrogens with two attached hydrogens (primary N) is 1. The van der Waals surface area contributed by atoms with E-state index in [1.165, 1.54) is 5.56 Å². The molecule has 3 aromatic rings. The number of hydrogen-bond acceptors (Lipinski definition) is 5. The van der Waals surface area contributed by atoms with E-state index in [1.54, 1.807) is 6.21 Å². The lowest BCUT2D eigenvalue weighted by atomic mass is 9.78. The predicted molar refractivity (Wildman–Crippen MR) is 135 cm³/mol. The fraction of sp³-hybridized carbons (Fsp3) is 0.259. The van der Waals surface area contributed by atoms with Crippen LogP contribution in [-0.4, -0.2) is 18.7 Å². The first kappa shape index (κ1) is 21.2. The lowest BCUT2D eigenvalue weighted by Gasteiger charge is -2.33. The summed E-state index contributed by atoms with van der Waals surface area (Å²) in [6, 6.07) is 19.5. The number of para-hydroxylation sites is 1. The van der Waals surface area contributed by atoms with Crippen LogP contribution in [0.1, 0.15) is 52.9 Å². The summed E-state index contributed by atoms with van der Waals surface area (Å²) in [5.41, 5.74) is 14.0. The largest absolute Gasteiger partial charge is 0.385 e. The molecule has 1 unspecified atom stereocenters. The maximum atomic E-state index is 13.1. The lowest BCUT2D eigenvalue weighted by Crippen LogP contribution is -2.45. The standard InChI is InChI=1S/C27H29N5O/c1-17-8-9-18(14-22(17)27(28)30-16-19-6-4-5-7-23(19)32-27)25(33)31-20-10-11-21-24(15-20)29-13-12-26(21,2)3/h4-11,14-16,29,32H,12-13,28H2,1-3H3,(H,31,33). The van der Waals surface area contributed by atoms with Gasteiger partial charge in [-0.05, 0) is 60.2 Å². The quantitative estimate of drug-likeness (QED) is 0.464. The molecule has 6 nitrogen and oxygen atoms in total. The summed E-state index contributed by atoms with van der Waals surface area (Å²) in [5, 5.41) is 9.82. The van der Waals surface area contributed by atoms with Gasteiger partial charge in [-0.2, -0.15) is 0 Å². The maximum Gasteiger partial charge on any atom is 0.255 e. The zero-order valence-corrected chi connectivity index (χ0v) is 19.2. The monoisotopic (exact) mass is 439 g/mol. The van der Waals surface area contributed by atoms with Gasteiger partial charge in [-0.25, -0.2) is 4.99 Å². The zero-order chi connectivity index (χ0) is 23.2. The minimum absolute atomic E-state index is 0.122. The third-order valence-corrected chi connectivity index (χ3v) is 6.68. The van der Waals surface area contributed by atoms with Crippen LogP contribution in [-0.2, 0) is 11.2 Å². The van der Waals surface area contributed by atoms with Crippen molar-refractivity contribution in [2.24, 2.45) is 10.7 Å². The number of nitrogens with one attached hydrogen (secondary N) is 3. The Morgan fingerprint density at radius 2 is 1.85 bits per heavy atom. The molecular weight excluding hydrogens is 410 g/mol. The van der Waals surface area contributed by atoms with E-state index >= 15 is 0 Å². The van der Waals surface area contributed by atoms with Gasteiger partial charge in [0.05, 0.1) is 0 Å². The molecule has 5 N–H and O–H groups in total. The van der Waals surface area contributed by atoms with Crippen LogP contribution < -0.4 is 21.7 Å². The van der Waals surface area contributed by atoms with Gasteiger partial charge in [-0.1, -0.05) is 44.2 Å². The van der Waals surface area contributed by atoms with E-state index in [0.29, 0.717) is 5.56 Å². The van der Waals surface area contributed by atoms with Crippen molar-refractivity contribution in [3.8, 4) is 0 Å². The highest BCUT2D eigenvalue weighted by molar-refractivity contribution is 6.04. The summed E-state index contributed by atoms with van der Waals surface area (Å²) < 4.78 is 0. The number of aryl methyl sites for hydroxylation is 1. The van der Waals surface area contributed by atoms with Gasteiger partial charge in [-0.3, -0.25) is 10.5 Å². The molecule has 1 atom stereocenters. The van der Waals surface area contributed by atoms with E-state index in [-0.39, 0.29) is 11.3 Å². The first-order valence-electron chi connectivity index (χ1n) is 11.3. The van der Waals surface area contributed by atoms with Crippen molar-refractivity contribution in [3.63, 3.8) is 0 Å². The lowest BCUT2D eigenvalue weighted by molar-refractivity contribution is 0.102. The number of hydrogen-bond donors (Lipinski definition) is 4. The number of amides is 1. The average Bonchev–Trinajstić information content (AvgIpc) is 2.79. The third kappa shape index (κ3) is 3.87. The van der Waals surface area contributed by atoms with Crippen LogP contribution in [0.5, 0.6) is 0 Å². The Balaban J connectivity index is 1.41. The van der Waals surface area contributed by atoms with E-state index in [2.05, 4.69) is 40.9 Å². The molecule has 33 heavy (non-hydrogen) atoms. The maximum absolute atomic E-state index is 13.1. The van der Waals surface area contributed by atoms with Crippen molar-refractivity contribution in [2.75, 3.05) is 22.5 Å². The van der Waals surface area contributed by atoms with Crippen LogP contribution in [0.2, 0.25) is 0 Å². The highest BCUT2D eigenvalue weighted by Crippen LogP contribution is 2.38. The van der Waals surface area contributed by atoms with Gasteiger partial charge in [0.1, 0.15) is 0 Å². The number of carbonyl (C=O) groups excluding carboxylic acids is 1. The predicted octanol–water partition coefficient (Wildman–Crippen LogP) is 4.95. The number of aliphatic imine (C=N–C) groups is 1. The van der Waals surface area contributed by atoms with Crippen LogP contribution in [0, 0.1) is 6.92 Å². The summed E-state index contributed by atoms with van der Waals surface area (Å²) in [7, 11) is 0. The third-order valence-electron chi connectivity index (χ3n) is 6.68. The van der Waals surface area contributed by atoms with Crippen LogP contribution in [0.25, 0.3) is 0 Å². The molecular formula is C27H29N5O. The SMILES string of the molecule is Cc1ccc(C(=O)Nc2ccc3c(c2)NCCC3(C)C)cc1C1(N)N=Cc2ccccc2N1. The summed E-state index contributed by atoms with van der Waals surface area (Å²) >= 11 is 0. The summed E-state index contributed by atoms with van der Waals surface area (Å²) in [5.74, 6) is -1.33. The molecule has 2 aliphatic heterocycles. The van der Waals surface area contributed by atoms with E-state index in [9.17, 15) is 4.79 Å². The van der Waals surface area contributed by atoms with E-state index in [1.807, 2.05) is 61.5 Å². The molecule has 0 saturated heterocycles. The minimum Gasteiger partial charge on any atom is -0.385 e. The Labute approximate surface area is 194 Å². The van der Waals surface area contributed by atoms with Gasteiger partial charge in [0.25, 0.3) is 5.91 Å². The normalized spacial score (nSPS) is 20.1. The van der Waals surface area contributed by atoms with Gasteiger partial charge in [0.2, 0.25) is 5.79 Å². The molecule has 6 heteroatoms. The van der Waals surface area contributed by atoms with Gasteiger partial charge in [-0.15, -0.1) is 0 Å². The Hall–Kier alpha value is -3.64. The number of nitrogens with zero attached hydrogens (tertiary/aromatic N) is 1. The summed E-state index contributed by atoms with van der Waals surface area (Å²) in [6.45, 7) is 7.40. The number of fused-ring (bicyclic) bond motifs is 2. The smallest absolute Gasteiger partial charge is 0.255 e. The highest BCUT2D eigenvalue weighted by Gasteiger charge is 2.32. The van der Waals surface area contributed by atoms with Gasteiger partial charge < -0.3 is 16.0 Å². The Kier molecular flexibility index (Phi) is 4.98. The number of anilines is 3. The molecule has 168 valence electrons. The van der Waals surface area contributed by atoms with Crippen molar-refractivity contribution >= 4 is 29.2 Å². The molecule has 0 aliphatic carbocycles. The van der Waals surface area contributed by atoms with E-state index in [0.717, 1.165) is 46.7 Å². The molecule has 0 aromatic heterocycles. The molecule has 0 bridgehead atoms. The molecule has 0 saturated carbocycles. The minimum atomic E-state index is -1.14. The second kappa shape index (κ2) is 7.74. The number of carbonyl (C=O) groups is 1. The molecule has 3 aromatic carbocycles. The van der Waals surface area contributed by atoms with Crippen LogP contribution in [0.15, 0.2) is 65.7 Å². The molecule has 2 heterocycles. The fourth-order valence-corrected chi connectivity index (χ4v) is 4.65. The molecule has 5 rings (SSSR count). The second-order valence-electron chi connectivity index (χ2n) is 9.54. The Bertz CT molecular complexity index is 1280. The molecule has 0 fully saturated rings. The first-order chi connectivity index (χ1) is 15.7. The molecule has 2 aliphatic rings. The highest BCUT2D eigenvalue weighted by atomic mass is 16.1. The van der Waals surface area contributed by atoms with E-state index in [4.69, 9.17) is 5.73 Å². The molecule has 1 amide bonds. The fourth-order valence-electron chi connectivity index (χ4n) is 4.65. The summed E-state index contributed by atoms with van der Waals surface area (Å²) in [4.78, 5) is 17.7. The van der Waals surface area contributed by atoms with Crippen LogP contribution >= 0.6 is 0 Å². The molecule has 0 spiro atoms. The van der Waals surface area contributed by atoms with Gasteiger partial charge >= 0.3 is 0 Å². The molecule has 0 radical (unpaired) electrons. The Morgan fingerprint density at radius 1 is 1.03 bits per heavy atom. The average molecular weight is 440 g/mol. The van der Waals surface area contributed by atoms with Crippen molar-refractivity contribution in [3.05, 3.63) is 88.5 Å². The number of benzene rings is 3. The van der Waals surface area contributed by atoms with Crippen LogP contribution in [0.3, 0.4) is 0 Å². The van der Waals surface area contributed by atoms with Crippen molar-refractivity contribution in [2.45, 2.75) is 38.4 Å². The Morgan fingerprint density at radius 3 is 2.70 bits per heavy atom. The first-order valence-corrected chi connectivity index (χ1v) is 11.3. The van der Waals surface area contributed by atoms with Crippen molar-refractivity contribution in [1.29, 1.82) is 0 Å². The number of rotatable bonds is 3.